The fraction of sp³-hybridized carbons (Fsp3) is 0.263. The Labute approximate surface area is 184 Å². The Morgan fingerprint density at radius 2 is 2.20 bits per heavy atom. The van der Waals surface area contributed by atoms with E-state index < -0.39 is 17.2 Å². The minimum atomic E-state index is -0.788. The first-order valence-electron chi connectivity index (χ1n) is 9.11. The number of nitrogens with zero attached hydrogens (tertiary/aromatic N) is 3. The lowest BCUT2D eigenvalue weighted by atomic mass is 10.2. The van der Waals surface area contributed by atoms with Gasteiger partial charge in [0.1, 0.15) is 16.7 Å². The van der Waals surface area contributed by atoms with Crippen LogP contribution in [0.2, 0.25) is 5.15 Å². The Bertz CT molecular complexity index is 1170. The summed E-state index contributed by atoms with van der Waals surface area (Å²) in [5.41, 5.74) is 4.67. The van der Waals surface area contributed by atoms with Crippen molar-refractivity contribution in [1.29, 1.82) is 0 Å². The predicted octanol–water partition coefficient (Wildman–Crippen LogP) is 3.17. The zero-order valence-electron chi connectivity index (χ0n) is 16.0. The summed E-state index contributed by atoms with van der Waals surface area (Å²) < 4.78 is 7.12. The van der Waals surface area contributed by atoms with Gasteiger partial charge in [-0.3, -0.25) is 24.0 Å². The van der Waals surface area contributed by atoms with Crippen molar-refractivity contribution in [1.82, 2.24) is 14.5 Å². The van der Waals surface area contributed by atoms with E-state index in [1.54, 1.807) is 12.1 Å². The van der Waals surface area contributed by atoms with Gasteiger partial charge in [0.25, 0.3) is 11.5 Å². The lowest BCUT2D eigenvalue weighted by molar-refractivity contribution is 0.0982. The van der Waals surface area contributed by atoms with E-state index in [1.807, 2.05) is 6.92 Å². The van der Waals surface area contributed by atoms with E-state index in [4.69, 9.17) is 21.8 Å². The number of hydrogen-bond donors (Lipinski definition) is 2. The van der Waals surface area contributed by atoms with Crippen LogP contribution in [0.1, 0.15) is 35.9 Å². The number of H-pyrrole nitrogens is 1. The van der Waals surface area contributed by atoms with Gasteiger partial charge in [-0.2, -0.15) is 0 Å². The Kier molecular flexibility index (Phi) is 6.78. The van der Waals surface area contributed by atoms with Crippen LogP contribution in [-0.2, 0) is 13.1 Å². The highest BCUT2D eigenvalue weighted by molar-refractivity contribution is 9.10. The van der Waals surface area contributed by atoms with Crippen molar-refractivity contribution in [3.8, 4) is 0 Å². The molecule has 9 nitrogen and oxygen atoms in total. The largest absolute Gasteiger partial charge is 0.467 e. The summed E-state index contributed by atoms with van der Waals surface area (Å²) in [6.45, 7) is 2.16. The zero-order valence-corrected chi connectivity index (χ0v) is 18.4. The molecule has 0 saturated heterocycles. The molecule has 1 amide bonds. The van der Waals surface area contributed by atoms with Gasteiger partial charge in [-0.25, -0.2) is 9.78 Å². The number of nitrogens with one attached hydrogen (secondary N) is 1. The summed E-state index contributed by atoms with van der Waals surface area (Å²) in [6, 6.07) is 4.80. The molecule has 0 atom stereocenters. The van der Waals surface area contributed by atoms with Gasteiger partial charge in [0.05, 0.1) is 18.4 Å². The molecule has 0 bridgehead atoms. The minimum absolute atomic E-state index is 0.0399. The van der Waals surface area contributed by atoms with Gasteiger partial charge >= 0.3 is 5.69 Å². The van der Waals surface area contributed by atoms with Crippen LogP contribution in [0.25, 0.3) is 0 Å². The highest BCUT2D eigenvalue weighted by Crippen LogP contribution is 2.26. The number of rotatable bonds is 7. The standard InChI is InChI=1S/C19H19BrClN5O4/c1-2-3-6-25-16(22)14(17(27)24-19(25)29)26(10-12-5-4-7-30-12)18(28)13-8-11(20)9-23-15(13)21/h4-5,7-9H,2-3,6,10,22H2,1H3,(H,24,27,29). The topological polar surface area (TPSA) is 127 Å². The number of hydrogen-bond acceptors (Lipinski definition) is 6. The number of nitrogens with two attached hydrogens (primary N) is 1. The van der Waals surface area contributed by atoms with Crippen LogP contribution in [0, 0.1) is 0 Å². The Balaban J connectivity index is 2.18. The molecule has 3 aromatic rings. The van der Waals surface area contributed by atoms with Gasteiger partial charge in [-0.05, 0) is 40.5 Å². The number of aromatic nitrogens is 3. The number of anilines is 2. The molecule has 0 fully saturated rings. The van der Waals surface area contributed by atoms with Crippen LogP contribution in [-0.4, -0.2) is 20.4 Å². The van der Waals surface area contributed by atoms with E-state index in [0.717, 1.165) is 11.3 Å². The molecule has 0 aliphatic rings. The molecule has 0 aliphatic carbocycles. The zero-order chi connectivity index (χ0) is 21.8. The molecule has 3 rings (SSSR count). The first-order chi connectivity index (χ1) is 14.3. The number of halogens is 2. The van der Waals surface area contributed by atoms with Crippen LogP contribution < -0.4 is 21.9 Å². The van der Waals surface area contributed by atoms with Gasteiger partial charge in [0, 0.05) is 17.2 Å². The fourth-order valence-electron chi connectivity index (χ4n) is 2.91. The maximum absolute atomic E-state index is 13.4. The number of pyridine rings is 1. The van der Waals surface area contributed by atoms with E-state index in [9.17, 15) is 14.4 Å². The molecule has 11 heteroatoms. The van der Waals surface area contributed by atoms with Crippen LogP contribution in [0.4, 0.5) is 11.5 Å². The van der Waals surface area contributed by atoms with Crippen molar-refractivity contribution < 1.29 is 9.21 Å². The molecular formula is C19H19BrClN5O4. The minimum Gasteiger partial charge on any atom is -0.467 e. The molecule has 158 valence electrons. The van der Waals surface area contributed by atoms with Crippen molar-refractivity contribution in [2.24, 2.45) is 0 Å². The fourth-order valence-corrected chi connectivity index (χ4v) is 3.42. The predicted molar refractivity (Wildman–Crippen MR) is 117 cm³/mol. The second-order valence-corrected chi connectivity index (χ2v) is 7.73. The van der Waals surface area contributed by atoms with Crippen molar-refractivity contribution in [2.45, 2.75) is 32.9 Å². The highest BCUT2D eigenvalue weighted by Gasteiger charge is 2.28. The molecule has 3 aromatic heterocycles. The summed E-state index contributed by atoms with van der Waals surface area (Å²) in [4.78, 5) is 45.7. The number of aromatic amines is 1. The SMILES string of the molecule is CCCCn1c(N)c(N(Cc2ccco2)C(=O)c2cc(Br)cnc2Cl)c(=O)[nH]c1=O. The smallest absolute Gasteiger partial charge is 0.330 e. The third-order valence-corrected chi connectivity index (χ3v) is 5.13. The van der Waals surface area contributed by atoms with E-state index >= 15 is 0 Å². The number of carbonyl (C=O) groups excluding carboxylic acids is 1. The summed E-state index contributed by atoms with van der Waals surface area (Å²) in [7, 11) is 0. The van der Waals surface area contributed by atoms with E-state index in [2.05, 4.69) is 25.9 Å². The molecule has 0 aliphatic heterocycles. The number of nitrogen functional groups attached to an aromatic ring is 1. The Morgan fingerprint density at radius 1 is 1.43 bits per heavy atom. The third kappa shape index (κ3) is 4.49. The molecule has 0 radical (unpaired) electrons. The van der Waals surface area contributed by atoms with Gasteiger partial charge in [0.15, 0.2) is 5.69 Å². The average molecular weight is 497 g/mol. The van der Waals surface area contributed by atoms with Gasteiger partial charge in [-0.1, -0.05) is 24.9 Å². The first-order valence-corrected chi connectivity index (χ1v) is 10.3. The van der Waals surface area contributed by atoms with Crippen LogP contribution in [0.3, 0.4) is 0 Å². The maximum Gasteiger partial charge on any atom is 0.330 e. The first kappa shape index (κ1) is 21.8. The highest BCUT2D eigenvalue weighted by atomic mass is 79.9. The molecule has 0 unspecified atom stereocenters. The lowest BCUT2D eigenvalue weighted by Gasteiger charge is -2.24. The second kappa shape index (κ2) is 9.31. The monoisotopic (exact) mass is 495 g/mol. The molecule has 3 N–H and O–H groups in total. The average Bonchev–Trinajstić information content (AvgIpc) is 3.21. The number of amides is 1. The molecule has 3 heterocycles. The molecule has 0 spiro atoms. The maximum atomic E-state index is 13.4. The summed E-state index contributed by atoms with van der Waals surface area (Å²) in [5, 5.41) is -0.0399. The van der Waals surface area contributed by atoms with E-state index in [-0.39, 0.29) is 28.8 Å². The Hall–Kier alpha value is -2.85. The molecule has 0 aromatic carbocycles. The van der Waals surface area contributed by atoms with Crippen LogP contribution >= 0.6 is 27.5 Å². The molecule has 30 heavy (non-hydrogen) atoms. The third-order valence-electron chi connectivity index (χ3n) is 4.39. The molecular weight excluding hydrogens is 478 g/mol. The van der Waals surface area contributed by atoms with Gasteiger partial charge in [0.2, 0.25) is 0 Å². The van der Waals surface area contributed by atoms with E-state index in [1.165, 1.54) is 23.1 Å². The van der Waals surface area contributed by atoms with Crippen LogP contribution in [0.5, 0.6) is 0 Å². The molecule has 0 saturated carbocycles. The second-order valence-electron chi connectivity index (χ2n) is 6.46. The number of furan rings is 1. The lowest BCUT2D eigenvalue weighted by Crippen LogP contribution is -2.41. The summed E-state index contributed by atoms with van der Waals surface area (Å²) in [5.74, 6) is -0.327. The summed E-state index contributed by atoms with van der Waals surface area (Å²) >= 11 is 9.39. The normalized spacial score (nSPS) is 10.9. The van der Waals surface area contributed by atoms with Crippen molar-refractivity contribution >= 4 is 44.9 Å². The van der Waals surface area contributed by atoms with Crippen molar-refractivity contribution in [2.75, 3.05) is 10.6 Å². The van der Waals surface area contributed by atoms with Crippen molar-refractivity contribution in [3.05, 3.63) is 72.4 Å². The van der Waals surface area contributed by atoms with Gasteiger partial charge < -0.3 is 10.2 Å². The van der Waals surface area contributed by atoms with E-state index in [0.29, 0.717) is 23.2 Å². The number of carbonyl (C=O) groups is 1. The number of unbranched alkanes of at least 4 members (excludes halogenated alkanes) is 1. The van der Waals surface area contributed by atoms with Crippen LogP contribution in [0.15, 0.2) is 49.1 Å². The van der Waals surface area contributed by atoms with Crippen molar-refractivity contribution in [3.63, 3.8) is 0 Å². The Morgan fingerprint density at radius 3 is 2.87 bits per heavy atom. The quantitative estimate of drug-likeness (QED) is 0.484. The summed E-state index contributed by atoms with van der Waals surface area (Å²) in [6.07, 6.45) is 4.38. The van der Waals surface area contributed by atoms with Gasteiger partial charge in [-0.15, -0.1) is 0 Å².